The van der Waals surface area contributed by atoms with Gasteiger partial charge in [0.2, 0.25) is 0 Å². The van der Waals surface area contributed by atoms with Crippen molar-refractivity contribution in [3.05, 3.63) is 23.8 Å². The minimum atomic E-state index is -2.07. The molecule has 0 spiro atoms. The van der Waals surface area contributed by atoms with Gasteiger partial charge in [-0.25, -0.2) is 0 Å². The van der Waals surface area contributed by atoms with Gasteiger partial charge >= 0.3 is 0 Å². The third-order valence-electron chi connectivity index (χ3n) is 3.18. The van der Waals surface area contributed by atoms with Crippen molar-refractivity contribution in [1.82, 2.24) is 0 Å². The zero-order valence-electron chi connectivity index (χ0n) is 9.97. The van der Waals surface area contributed by atoms with Crippen LogP contribution in [-0.2, 0) is 11.2 Å². The molecule has 0 amide bonds. The van der Waals surface area contributed by atoms with Gasteiger partial charge in [0, 0.05) is 6.42 Å². The Balaban J connectivity index is 2.18. The minimum Gasteiger partial charge on any atom is -0.504 e. The second-order valence-electron chi connectivity index (χ2n) is 4.66. The van der Waals surface area contributed by atoms with Crippen molar-refractivity contribution in [3.63, 3.8) is 0 Å². The van der Waals surface area contributed by atoms with E-state index in [0.29, 0.717) is 5.56 Å². The summed E-state index contributed by atoms with van der Waals surface area (Å²) < 4.78 is 4.99. The smallest absolute Gasteiger partial charge is 0.198 e. The molecule has 106 valence electrons. The molecule has 0 aromatic heterocycles. The van der Waals surface area contributed by atoms with Gasteiger partial charge in [0.05, 0.1) is 6.61 Å². The Morgan fingerprint density at radius 2 is 1.84 bits per heavy atom. The lowest BCUT2D eigenvalue weighted by Gasteiger charge is -2.41. The average molecular weight is 272 g/mol. The summed E-state index contributed by atoms with van der Waals surface area (Å²) in [4.78, 5) is 0. The Bertz CT molecular complexity index is 463. The molecule has 1 aromatic carbocycles. The largest absolute Gasteiger partial charge is 0.504 e. The van der Waals surface area contributed by atoms with E-state index < -0.39 is 24.1 Å². The highest BCUT2D eigenvalue weighted by Crippen LogP contribution is 2.31. The van der Waals surface area contributed by atoms with Crippen LogP contribution in [0.4, 0.5) is 0 Å². The molecule has 4 atom stereocenters. The van der Waals surface area contributed by atoms with Crippen LogP contribution in [0.2, 0.25) is 0 Å². The molecule has 6 N–H and O–H groups in total. The topological polar surface area (TPSA) is 131 Å². The van der Waals surface area contributed by atoms with Crippen molar-refractivity contribution in [3.8, 4) is 11.5 Å². The van der Waals surface area contributed by atoms with Gasteiger partial charge in [-0.3, -0.25) is 0 Å². The van der Waals surface area contributed by atoms with Gasteiger partial charge in [-0.15, -0.1) is 0 Å². The van der Waals surface area contributed by atoms with Crippen LogP contribution >= 0.6 is 0 Å². The average Bonchev–Trinajstić information content (AvgIpc) is 2.37. The number of hydrogen-bond donors (Lipinski definition) is 6. The molecular weight excluding hydrogens is 256 g/mol. The number of phenols is 2. The molecule has 1 saturated heterocycles. The Morgan fingerprint density at radius 1 is 1.16 bits per heavy atom. The second-order valence-corrected chi connectivity index (χ2v) is 4.66. The third kappa shape index (κ3) is 2.65. The van der Waals surface area contributed by atoms with Gasteiger partial charge in [-0.2, -0.15) is 0 Å². The maximum atomic E-state index is 10.2. The molecule has 7 nitrogen and oxygen atoms in total. The monoisotopic (exact) mass is 272 g/mol. The zero-order chi connectivity index (χ0) is 14.2. The maximum Gasteiger partial charge on any atom is 0.198 e. The quantitative estimate of drug-likeness (QED) is 0.359. The van der Waals surface area contributed by atoms with E-state index in [0.717, 1.165) is 0 Å². The van der Waals surface area contributed by atoms with Crippen LogP contribution in [-0.4, -0.2) is 61.3 Å². The van der Waals surface area contributed by atoms with E-state index in [4.69, 9.17) is 4.74 Å². The Labute approximate surface area is 108 Å². The van der Waals surface area contributed by atoms with Gasteiger partial charge in [0.15, 0.2) is 17.3 Å². The number of ether oxygens (including phenoxy) is 1. The fourth-order valence-corrected chi connectivity index (χ4v) is 2.02. The second kappa shape index (κ2) is 4.95. The van der Waals surface area contributed by atoms with Gasteiger partial charge in [-0.1, -0.05) is 6.07 Å². The Morgan fingerprint density at radius 3 is 2.47 bits per heavy atom. The maximum absolute atomic E-state index is 10.2. The van der Waals surface area contributed by atoms with Gasteiger partial charge in [0.1, 0.15) is 18.3 Å². The van der Waals surface area contributed by atoms with Crippen LogP contribution in [0.15, 0.2) is 18.2 Å². The van der Waals surface area contributed by atoms with Crippen LogP contribution in [0.5, 0.6) is 11.5 Å². The summed E-state index contributed by atoms with van der Waals surface area (Å²) >= 11 is 0. The summed E-state index contributed by atoms with van der Waals surface area (Å²) in [6.45, 7) is -0.321. The number of aliphatic hydroxyl groups is 4. The highest BCUT2D eigenvalue weighted by atomic mass is 16.6. The van der Waals surface area contributed by atoms with Crippen molar-refractivity contribution in [1.29, 1.82) is 0 Å². The Hall–Kier alpha value is -1.38. The van der Waals surface area contributed by atoms with E-state index in [1.54, 1.807) is 0 Å². The fourth-order valence-electron chi connectivity index (χ4n) is 2.02. The van der Waals surface area contributed by atoms with E-state index >= 15 is 0 Å². The normalized spacial score (nSPS) is 35.3. The zero-order valence-corrected chi connectivity index (χ0v) is 9.97. The molecule has 1 aliphatic rings. The number of aliphatic hydroxyl groups excluding tert-OH is 3. The van der Waals surface area contributed by atoms with E-state index in [1.807, 2.05) is 0 Å². The molecule has 0 saturated carbocycles. The number of phenolic OH excluding ortho intramolecular Hbond substituents is 2. The molecule has 19 heavy (non-hydrogen) atoms. The van der Waals surface area contributed by atoms with E-state index in [2.05, 4.69) is 0 Å². The lowest BCUT2D eigenvalue weighted by molar-refractivity contribution is -0.320. The molecule has 1 aliphatic heterocycles. The van der Waals surface area contributed by atoms with Crippen molar-refractivity contribution >= 4 is 0 Å². The summed E-state index contributed by atoms with van der Waals surface area (Å²) in [5.41, 5.74) is 0.389. The van der Waals surface area contributed by atoms with Crippen molar-refractivity contribution in [2.45, 2.75) is 30.5 Å². The summed E-state index contributed by atoms with van der Waals surface area (Å²) in [6.07, 6.45) is -4.70. The number of aromatic hydroxyl groups is 2. The minimum absolute atomic E-state index is 0.216. The van der Waals surface area contributed by atoms with Crippen LogP contribution < -0.4 is 0 Å². The highest BCUT2D eigenvalue weighted by Gasteiger charge is 2.48. The lowest BCUT2D eigenvalue weighted by atomic mass is 9.91. The molecule has 0 bridgehead atoms. The fraction of sp³-hybridized carbons (Fsp3) is 0.500. The summed E-state index contributed by atoms with van der Waals surface area (Å²) in [5, 5.41) is 57.3. The summed E-state index contributed by atoms with van der Waals surface area (Å²) in [7, 11) is 0. The van der Waals surface area contributed by atoms with Crippen molar-refractivity contribution < 1.29 is 35.4 Å². The molecule has 1 aromatic rings. The third-order valence-corrected chi connectivity index (χ3v) is 3.18. The van der Waals surface area contributed by atoms with Gasteiger partial charge in [0.25, 0.3) is 0 Å². The summed E-state index contributed by atoms with van der Waals surface area (Å²) in [5.74, 6) is -2.74. The first-order valence-electron chi connectivity index (χ1n) is 5.75. The lowest BCUT2D eigenvalue weighted by Crippen LogP contribution is -2.61. The SMILES string of the molecule is Oc1ccc(C[C@@]2(O)OC[C@H](O)[C@@H](O)[C@@H]2O)cc1O. The first-order chi connectivity index (χ1) is 8.83. The van der Waals surface area contributed by atoms with Crippen LogP contribution in [0, 0.1) is 0 Å². The molecule has 7 heteroatoms. The summed E-state index contributed by atoms with van der Waals surface area (Å²) in [6, 6.07) is 3.87. The predicted octanol–water partition coefficient (Wildman–Crippen LogP) is -1.56. The van der Waals surface area contributed by atoms with Crippen LogP contribution in [0.1, 0.15) is 5.56 Å². The van der Waals surface area contributed by atoms with E-state index in [1.165, 1.54) is 18.2 Å². The first-order valence-corrected chi connectivity index (χ1v) is 5.75. The predicted molar refractivity (Wildman–Crippen MR) is 62.4 cm³/mol. The van der Waals surface area contributed by atoms with Gasteiger partial charge in [-0.05, 0) is 17.7 Å². The molecule has 1 fully saturated rings. The van der Waals surface area contributed by atoms with E-state index in [9.17, 15) is 30.6 Å². The molecule has 0 radical (unpaired) electrons. The van der Waals surface area contributed by atoms with Gasteiger partial charge < -0.3 is 35.4 Å². The first kappa shape index (κ1) is 14.0. The molecule has 1 heterocycles. The molecule has 0 unspecified atom stereocenters. The number of hydrogen-bond acceptors (Lipinski definition) is 7. The molecule has 0 aliphatic carbocycles. The standard InChI is InChI=1S/C12H16O7/c13-7-2-1-6(3-8(7)14)4-12(18)11(17)10(16)9(15)5-19-12/h1-3,9-11,13-18H,4-5H2/t9-,10+,11-,12+/m0/s1. The molecular formula is C12H16O7. The van der Waals surface area contributed by atoms with Crippen LogP contribution in [0.3, 0.4) is 0 Å². The van der Waals surface area contributed by atoms with Crippen molar-refractivity contribution in [2.24, 2.45) is 0 Å². The number of benzene rings is 1. The Kier molecular flexibility index (Phi) is 3.66. The highest BCUT2D eigenvalue weighted by molar-refractivity contribution is 5.40. The van der Waals surface area contributed by atoms with E-state index in [-0.39, 0.29) is 24.5 Å². The van der Waals surface area contributed by atoms with Crippen LogP contribution in [0.25, 0.3) is 0 Å². The van der Waals surface area contributed by atoms with Crippen molar-refractivity contribution in [2.75, 3.05) is 6.61 Å². The molecule has 2 rings (SSSR count). The number of rotatable bonds is 2.